The first-order valence-electron chi connectivity index (χ1n) is 12.5. The molecule has 1 atom stereocenters. The van der Waals surface area contributed by atoms with Crippen molar-refractivity contribution in [3.05, 3.63) is 66.2 Å². The average molecular weight is 488 g/mol. The SMILES string of the molecule is COC(=O)[C@@H](Nc1nc(CN2CCN(Cc3cc4ccccc4o3)CC2)nc2ccccc12)C(C)C. The van der Waals surface area contributed by atoms with E-state index in [0.717, 1.165) is 66.2 Å². The van der Waals surface area contributed by atoms with Crippen molar-refractivity contribution in [2.24, 2.45) is 5.92 Å². The number of benzene rings is 2. The summed E-state index contributed by atoms with van der Waals surface area (Å²) in [7, 11) is 1.41. The van der Waals surface area contributed by atoms with E-state index in [2.05, 4.69) is 27.2 Å². The molecular weight excluding hydrogens is 454 g/mol. The second kappa shape index (κ2) is 10.6. The minimum absolute atomic E-state index is 0.0504. The predicted octanol–water partition coefficient (Wildman–Crippen LogP) is 4.30. The molecule has 5 rings (SSSR count). The number of hydrogen-bond acceptors (Lipinski definition) is 8. The van der Waals surface area contributed by atoms with Crippen molar-refractivity contribution in [1.82, 2.24) is 19.8 Å². The molecule has 0 bridgehead atoms. The van der Waals surface area contributed by atoms with Crippen molar-refractivity contribution in [3.8, 4) is 0 Å². The number of aromatic nitrogens is 2. The van der Waals surface area contributed by atoms with Gasteiger partial charge in [-0.1, -0.05) is 44.2 Å². The zero-order valence-electron chi connectivity index (χ0n) is 21.1. The summed E-state index contributed by atoms with van der Waals surface area (Å²) in [6.07, 6.45) is 0. The van der Waals surface area contributed by atoms with Crippen LogP contribution < -0.4 is 5.32 Å². The van der Waals surface area contributed by atoms with Crippen molar-refractivity contribution in [3.63, 3.8) is 0 Å². The highest BCUT2D eigenvalue weighted by molar-refractivity contribution is 5.91. The first-order valence-corrected chi connectivity index (χ1v) is 12.5. The lowest BCUT2D eigenvalue weighted by atomic mass is 10.0. The number of anilines is 1. The van der Waals surface area contributed by atoms with E-state index in [9.17, 15) is 4.79 Å². The summed E-state index contributed by atoms with van der Waals surface area (Å²) in [6, 6.07) is 17.7. The zero-order valence-corrected chi connectivity index (χ0v) is 21.1. The molecule has 1 aliphatic heterocycles. The van der Waals surface area contributed by atoms with Gasteiger partial charge in [-0.05, 0) is 30.2 Å². The molecule has 3 heterocycles. The van der Waals surface area contributed by atoms with Gasteiger partial charge in [-0.25, -0.2) is 14.8 Å². The van der Waals surface area contributed by atoms with Crippen LogP contribution in [0.3, 0.4) is 0 Å². The molecule has 0 spiro atoms. The minimum atomic E-state index is -0.483. The minimum Gasteiger partial charge on any atom is -0.467 e. The number of carbonyl (C=O) groups is 1. The number of carbonyl (C=O) groups excluding carboxylic acids is 1. The lowest BCUT2D eigenvalue weighted by molar-refractivity contribution is -0.142. The number of rotatable bonds is 8. The Balaban J connectivity index is 1.26. The standard InChI is InChI=1S/C28H33N5O3/c1-19(2)26(28(34)35-3)31-27-22-9-5-6-10-23(22)29-25(30-27)18-33-14-12-32(13-15-33)17-21-16-20-8-4-7-11-24(20)36-21/h4-11,16,19,26H,12-15,17-18H2,1-3H3,(H,29,30,31)/t26-/m0/s1. The molecule has 0 radical (unpaired) electrons. The van der Waals surface area contributed by atoms with Gasteiger partial charge >= 0.3 is 5.97 Å². The number of ether oxygens (including phenoxy) is 1. The van der Waals surface area contributed by atoms with Crippen LogP contribution in [0.5, 0.6) is 0 Å². The Morgan fingerprint density at radius 1 is 1.00 bits per heavy atom. The molecule has 188 valence electrons. The monoisotopic (exact) mass is 487 g/mol. The van der Waals surface area contributed by atoms with Crippen LogP contribution in [0.2, 0.25) is 0 Å². The van der Waals surface area contributed by atoms with Crippen LogP contribution >= 0.6 is 0 Å². The largest absolute Gasteiger partial charge is 0.467 e. The summed E-state index contributed by atoms with van der Waals surface area (Å²) in [6.45, 7) is 9.20. The van der Waals surface area contributed by atoms with Crippen molar-refractivity contribution < 1.29 is 13.9 Å². The number of nitrogens with zero attached hydrogens (tertiary/aromatic N) is 4. The molecule has 2 aromatic heterocycles. The Morgan fingerprint density at radius 2 is 1.69 bits per heavy atom. The lowest BCUT2D eigenvalue weighted by Gasteiger charge is -2.33. The van der Waals surface area contributed by atoms with Gasteiger partial charge in [0.15, 0.2) is 0 Å². The van der Waals surface area contributed by atoms with Gasteiger partial charge in [0.1, 0.15) is 29.0 Å². The summed E-state index contributed by atoms with van der Waals surface area (Å²) in [5, 5.41) is 5.38. The van der Waals surface area contributed by atoms with Crippen LogP contribution in [0.1, 0.15) is 25.4 Å². The third kappa shape index (κ3) is 5.34. The van der Waals surface area contributed by atoms with Crippen LogP contribution in [-0.2, 0) is 22.6 Å². The number of methoxy groups -OCH3 is 1. The lowest BCUT2D eigenvalue weighted by Crippen LogP contribution is -2.45. The van der Waals surface area contributed by atoms with Gasteiger partial charge in [-0.3, -0.25) is 9.80 Å². The van der Waals surface area contributed by atoms with Crippen molar-refractivity contribution in [2.75, 3.05) is 38.6 Å². The number of esters is 1. The molecule has 36 heavy (non-hydrogen) atoms. The van der Waals surface area contributed by atoms with Gasteiger partial charge in [0.05, 0.1) is 25.7 Å². The number of hydrogen-bond donors (Lipinski definition) is 1. The summed E-state index contributed by atoms with van der Waals surface area (Å²) < 4.78 is 11.0. The molecule has 0 aliphatic carbocycles. The van der Waals surface area contributed by atoms with E-state index in [1.165, 1.54) is 7.11 Å². The van der Waals surface area contributed by atoms with Crippen LogP contribution in [-0.4, -0.2) is 65.1 Å². The number of fused-ring (bicyclic) bond motifs is 2. The van der Waals surface area contributed by atoms with E-state index in [1.54, 1.807) is 0 Å². The van der Waals surface area contributed by atoms with Crippen LogP contribution in [0.25, 0.3) is 21.9 Å². The fraction of sp³-hybridized carbons (Fsp3) is 0.393. The fourth-order valence-electron chi connectivity index (χ4n) is 4.72. The highest BCUT2D eigenvalue weighted by Gasteiger charge is 2.25. The third-order valence-corrected chi connectivity index (χ3v) is 6.75. The quantitative estimate of drug-likeness (QED) is 0.368. The molecule has 8 nitrogen and oxygen atoms in total. The van der Waals surface area contributed by atoms with Gasteiger partial charge in [0.25, 0.3) is 0 Å². The first-order chi connectivity index (χ1) is 17.5. The molecule has 0 unspecified atom stereocenters. The molecule has 1 N–H and O–H groups in total. The molecule has 0 amide bonds. The maximum absolute atomic E-state index is 12.4. The second-order valence-electron chi connectivity index (χ2n) is 9.70. The number of furan rings is 1. The van der Waals surface area contributed by atoms with Crippen LogP contribution in [0.15, 0.2) is 59.0 Å². The topological polar surface area (TPSA) is 83.7 Å². The van der Waals surface area contributed by atoms with E-state index >= 15 is 0 Å². The van der Waals surface area contributed by atoms with Gasteiger partial charge in [-0.15, -0.1) is 0 Å². The van der Waals surface area contributed by atoms with E-state index in [0.29, 0.717) is 12.4 Å². The fourth-order valence-corrected chi connectivity index (χ4v) is 4.72. The number of piperazine rings is 1. The zero-order chi connectivity index (χ0) is 25.1. The highest BCUT2D eigenvalue weighted by atomic mass is 16.5. The Morgan fingerprint density at radius 3 is 2.42 bits per heavy atom. The maximum atomic E-state index is 12.4. The number of nitrogens with one attached hydrogen (secondary N) is 1. The van der Waals surface area contributed by atoms with Crippen molar-refractivity contribution in [1.29, 1.82) is 0 Å². The summed E-state index contributed by atoms with van der Waals surface area (Å²) >= 11 is 0. The molecule has 4 aromatic rings. The number of para-hydroxylation sites is 2. The van der Waals surface area contributed by atoms with Crippen molar-refractivity contribution in [2.45, 2.75) is 33.0 Å². The predicted molar refractivity (Wildman–Crippen MR) is 141 cm³/mol. The highest BCUT2D eigenvalue weighted by Crippen LogP contribution is 2.24. The summed E-state index contributed by atoms with van der Waals surface area (Å²) in [5.74, 6) is 2.17. The maximum Gasteiger partial charge on any atom is 0.328 e. The van der Waals surface area contributed by atoms with E-state index in [-0.39, 0.29) is 11.9 Å². The van der Waals surface area contributed by atoms with E-state index < -0.39 is 6.04 Å². The molecule has 1 saturated heterocycles. The van der Waals surface area contributed by atoms with Crippen molar-refractivity contribution >= 4 is 33.7 Å². The molecule has 1 aliphatic rings. The molecule has 2 aromatic carbocycles. The van der Waals surface area contributed by atoms with E-state index in [1.807, 2.05) is 56.3 Å². The molecular formula is C28H33N5O3. The molecule has 8 heteroatoms. The van der Waals surface area contributed by atoms with E-state index in [4.69, 9.17) is 19.1 Å². The summed E-state index contributed by atoms with van der Waals surface area (Å²) in [4.78, 5) is 26.8. The average Bonchev–Trinajstić information content (AvgIpc) is 3.30. The first kappa shape index (κ1) is 24.2. The van der Waals surface area contributed by atoms with Crippen LogP contribution in [0.4, 0.5) is 5.82 Å². The van der Waals surface area contributed by atoms with Gasteiger partial charge in [-0.2, -0.15) is 0 Å². The Bertz CT molecular complexity index is 1310. The summed E-state index contributed by atoms with van der Waals surface area (Å²) in [5.41, 5.74) is 1.80. The van der Waals surface area contributed by atoms with Crippen LogP contribution in [0, 0.1) is 5.92 Å². The third-order valence-electron chi connectivity index (χ3n) is 6.75. The normalized spacial score (nSPS) is 16.0. The Hall–Kier alpha value is -3.49. The second-order valence-corrected chi connectivity index (χ2v) is 9.70. The van der Waals surface area contributed by atoms with Gasteiger partial charge in [0, 0.05) is 37.0 Å². The molecule has 1 fully saturated rings. The van der Waals surface area contributed by atoms with Gasteiger partial charge < -0.3 is 14.5 Å². The smallest absolute Gasteiger partial charge is 0.328 e. The Kier molecular flexibility index (Phi) is 7.16. The van der Waals surface area contributed by atoms with Gasteiger partial charge in [0.2, 0.25) is 0 Å². The Labute approximate surface area is 211 Å². The molecule has 0 saturated carbocycles.